The van der Waals surface area contributed by atoms with Gasteiger partial charge in [-0.25, -0.2) is 13.1 Å². The van der Waals surface area contributed by atoms with Gasteiger partial charge in [-0.3, -0.25) is 4.79 Å². The predicted octanol–water partition coefficient (Wildman–Crippen LogP) is 3.24. The van der Waals surface area contributed by atoms with E-state index in [1.165, 1.54) is 6.26 Å². The van der Waals surface area contributed by atoms with Crippen molar-refractivity contribution >= 4 is 10.0 Å². The maximum Gasteiger partial charge on any atom is 0.254 e. The number of nitrogens with zero attached hydrogens (tertiary/aromatic N) is 1. The summed E-state index contributed by atoms with van der Waals surface area (Å²) in [7, 11) is -1.65. The first-order valence-electron chi connectivity index (χ1n) is 10.1. The molecule has 156 valence electrons. The Morgan fingerprint density at radius 3 is 2.50 bits per heavy atom. The number of hydrogen-bond acceptors (Lipinski definition) is 3. The molecule has 0 saturated carbocycles. The molecule has 0 bridgehead atoms. The Morgan fingerprint density at radius 2 is 1.77 bits per heavy atom. The van der Waals surface area contributed by atoms with Gasteiger partial charge in [-0.2, -0.15) is 0 Å². The molecule has 1 heterocycles. The molecule has 2 aromatic carbocycles. The third kappa shape index (κ3) is 4.40. The summed E-state index contributed by atoms with van der Waals surface area (Å²) >= 11 is 0. The Morgan fingerprint density at radius 1 is 1.03 bits per heavy atom. The maximum atomic E-state index is 13.0. The van der Waals surface area contributed by atoms with Gasteiger partial charge in [0.25, 0.3) is 5.56 Å². The number of sulfonamides is 1. The van der Waals surface area contributed by atoms with Gasteiger partial charge < -0.3 is 4.57 Å². The molecule has 1 aromatic heterocycles. The second kappa shape index (κ2) is 8.20. The molecule has 1 N–H and O–H groups in total. The summed E-state index contributed by atoms with van der Waals surface area (Å²) in [5.41, 5.74) is 5.03. The Kier molecular flexibility index (Phi) is 5.62. The summed E-state index contributed by atoms with van der Waals surface area (Å²) < 4.78 is 28.4. The molecule has 1 aliphatic carbocycles. The zero-order chi connectivity index (χ0) is 21.3. The maximum absolute atomic E-state index is 13.0. The van der Waals surface area contributed by atoms with Crippen LogP contribution in [0.25, 0.3) is 11.1 Å². The van der Waals surface area contributed by atoms with Crippen LogP contribution in [0.15, 0.2) is 71.7 Å². The highest BCUT2D eigenvalue weighted by Gasteiger charge is 2.34. The fourth-order valence-electron chi connectivity index (χ4n) is 4.44. The van der Waals surface area contributed by atoms with E-state index >= 15 is 0 Å². The van der Waals surface area contributed by atoms with Crippen LogP contribution >= 0.6 is 0 Å². The molecular weight excluding hydrogens is 396 g/mol. The van der Waals surface area contributed by atoms with Crippen LogP contribution in [0.1, 0.15) is 29.0 Å². The summed E-state index contributed by atoms with van der Waals surface area (Å²) in [5.74, 6) is -0.214. The number of aromatic nitrogens is 1. The first kappa shape index (κ1) is 20.6. The quantitative estimate of drug-likeness (QED) is 0.686. The van der Waals surface area contributed by atoms with Gasteiger partial charge in [-0.05, 0) is 47.6 Å². The van der Waals surface area contributed by atoms with Gasteiger partial charge in [-0.1, -0.05) is 54.6 Å². The van der Waals surface area contributed by atoms with Gasteiger partial charge in [0.15, 0.2) is 0 Å². The lowest BCUT2D eigenvalue weighted by atomic mass is 9.77. The zero-order valence-electron chi connectivity index (χ0n) is 17.2. The molecule has 2 atom stereocenters. The van der Waals surface area contributed by atoms with E-state index in [0.717, 1.165) is 27.8 Å². The van der Waals surface area contributed by atoms with Gasteiger partial charge in [0.2, 0.25) is 10.0 Å². The molecule has 0 fully saturated rings. The molecule has 5 nitrogen and oxygen atoms in total. The van der Waals surface area contributed by atoms with Crippen LogP contribution in [-0.2, 0) is 29.9 Å². The molecule has 0 aliphatic heterocycles. The van der Waals surface area contributed by atoms with E-state index in [0.29, 0.717) is 19.3 Å². The number of benzene rings is 2. The van der Waals surface area contributed by atoms with Gasteiger partial charge >= 0.3 is 0 Å². The second-order valence-corrected chi connectivity index (χ2v) is 9.86. The first-order chi connectivity index (χ1) is 14.3. The lowest BCUT2D eigenvalue weighted by Gasteiger charge is -2.33. The smallest absolute Gasteiger partial charge is 0.254 e. The van der Waals surface area contributed by atoms with Crippen LogP contribution in [0, 0.1) is 0 Å². The topological polar surface area (TPSA) is 68.2 Å². The Bertz CT molecular complexity index is 1220. The van der Waals surface area contributed by atoms with Crippen LogP contribution in [0.2, 0.25) is 0 Å². The molecular formula is C24H26N2O3S. The lowest BCUT2D eigenvalue weighted by molar-refractivity contribution is 0.425. The SMILES string of the molecule is Cn1ccc2c(c1=O)[C@@H](Cc1cccc(-c3ccccc3)c1)[C@@H](NS(C)(=O)=O)CC2. The fraction of sp³-hybridized carbons (Fsp3) is 0.292. The van der Waals surface area contributed by atoms with Crippen LogP contribution < -0.4 is 10.3 Å². The standard InChI is InChI=1S/C24H26N2O3S/c1-26-14-13-19-11-12-22(25-30(2,28)29)21(23(19)24(26)27)16-17-7-6-10-20(15-17)18-8-4-3-5-9-18/h3-10,13-15,21-22,25H,11-12,16H2,1-2H3/t21-,22-/m0/s1. The average Bonchev–Trinajstić information content (AvgIpc) is 2.72. The number of aryl methyl sites for hydroxylation is 2. The monoisotopic (exact) mass is 422 g/mol. The minimum Gasteiger partial charge on any atom is -0.318 e. The summed E-state index contributed by atoms with van der Waals surface area (Å²) in [6.07, 6.45) is 4.94. The van der Waals surface area contributed by atoms with Crippen LogP contribution in [-0.4, -0.2) is 25.3 Å². The second-order valence-electron chi connectivity index (χ2n) is 8.08. The van der Waals surface area contributed by atoms with Crippen molar-refractivity contribution in [3.63, 3.8) is 0 Å². The Hall–Kier alpha value is -2.70. The largest absolute Gasteiger partial charge is 0.318 e. The van der Waals surface area contributed by atoms with Crippen molar-refractivity contribution in [3.05, 3.63) is 93.9 Å². The van der Waals surface area contributed by atoms with E-state index in [2.05, 4.69) is 29.0 Å². The lowest BCUT2D eigenvalue weighted by Crippen LogP contribution is -2.45. The Labute approximate surface area is 177 Å². The van der Waals surface area contributed by atoms with Crippen molar-refractivity contribution in [2.75, 3.05) is 6.26 Å². The van der Waals surface area contributed by atoms with E-state index in [4.69, 9.17) is 0 Å². The molecule has 0 spiro atoms. The highest BCUT2D eigenvalue weighted by atomic mass is 32.2. The van der Waals surface area contributed by atoms with E-state index in [1.807, 2.05) is 36.4 Å². The van der Waals surface area contributed by atoms with E-state index in [-0.39, 0.29) is 17.5 Å². The number of pyridine rings is 1. The Balaban J connectivity index is 1.75. The molecule has 0 saturated heterocycles. The highest BCUT2D eigenvalue weighted by molar-refractivity contribution is 7.88. The molecule has 0 unspecified atom stereocenters. The number of hydrogen-bond donors (Lipinski definition) is 1. The number of fused-ring (bicyclic) bond motifs is 1. The summed E-state index contributed by atoms with van der Waals surface area (Å²) in [6.45, 7) is 0. The van der Waals surface area contributed by atoms with Gasteiger partial charge in [0, 0.05) is 30.8 Å². The van der Waals surface area contributed by atoms with Crippen LogP contribution in [0.4, 0.5) is 0 Å². The van der Waals surface area contributed by atoms with E-state index < -0.39 is 10.0 Å². The van der Waals surface area contributed by atoms with Gasteiger partial charge in [0.05, 0.1) is 6.26 Å². The third-order valence-electron chi connectivity index (χ3n) is 5.83. The summed E-state index contributed by atoms with van der Waals surface area (Å²) in [4.78, 5) is 13.0. The minimum atomic E-state index is -3.38. The summed E-state index contributed by atoms with van der Waals surface area (Å²) in [5, 5.41) is 0. The molecule has 1 aliphatic rings. The van der Waals surface area contributed by atoms with E-state index in [1.54, 1.807) is 17.8 Å². The van der Waals surface area contributed by atoms with Gasteiger partial charge in [0.1, 0.15) is 0 Å². The van der Waals surface area contributed by atoms with Crippen molar-refractivity contribution in [2.45, 2.75) is 31.2 Å². The van der Waals surface area contributed by atoms with Crippen molar-refractivity contribution in [1.82, 2.24) is 9.29 Å². The van der Waals surface area contributed by atoms with Crippen LogP contribution in [0.3, 0.4) is 0 Å². The predicted molar refractivity (Wildman–Crippen MR) is 120 cm³/mol. The average molecular weight is 423 g/mol. The summed E-state index contributed by atoms with van der Waals surface area (Å²) in [6, 6.07) is 20.1. The van der Waals surface area contributed by atoms with Crippen molar-refractivity contribution < 1.29 is 8.42 Å². The molecule has 6 heteroatoms. The fourth-order valence-corrected chi connectivity index (χ4v) is 5.27. The van der Waals surface area contributed by atoms with Crippen molar-refractivity contribution in [1.29, 1.82) is 0 Å². The number of rotatable bonds is 5. The molecule has 0 radical (unpaired) electrons. The molecule has 30 heavy (non-hydrogen) atoms. The van der Waals surface area contributed by atoms with E-state index in [9.17, 15) is 13.2 Å². The molecule has 4 rings (SSSR count). The molecule has 3 aromatic rings. The zero-order valence-corrected chi connectivity index (χ0v) is 18.0. The van der Waals surface area contributed by atoms with Crippen molar-refractivity contribution in [3.8, 4) is 11.1 Å². The highest BCUT2D eigenvalue weighted by Crippen LogP contribution is 2.33. The van der Waals surface area contributed by atoms with Gasteiger partial charge in [-0.15, -0.1) is 0 Å². The third-order valence-corrected chi connectivity index (χ3v) is 6.56. The minimum absolute atomic E-state index is 0.0447. The number of nitrogens with one attached hydrogen (secondary N) is 1. The van der Waals surface area contributed by atoms with Crippen molar-refractivity contribution in [2.24, 2.45) is 7.05 Å². The normalized spacial score (nSPS) is 18.7. The molecule has 0 amide bonds. The van der Waals surface area contributed by atoms with Crippen LogP contribution in [0.5, 0.6) is 0 Å². The first-order valence-corrected chi connectivity index (χ1v) is 12.0.